The summed E-state index contributed by atoms with van der Waals surface area (Å²) in [6, 6.07) is 16.9. The number of aryl methyl sites for hydroxylation is 1. The summed E-state index contributed by atoms with van der Waals surface area (Å²) in [6.45, 7) is 6.75. The lowest BCUT2D eigenvalue weighted by atomic mass is 9.95. The highest BCUT2D eigenvalue weighted by atomic mass is 32.1. The van der Waals surface area contributed by atoms with E-state index in [1.165, 1.54) is 16.2 Å². The first-order valence-corrected chi connectivity index (χ1v) is 13.2. The van der Waals surface area contributed by atoms with Crippen molar-refractivity contribution in [2.75, 3.05) is 24.7 Å². The van der Waals surface area contributed by atoms with Crippen LogP contribution < -0.4 is 19.1 Å². The summed E-state index contributed by atoms with van der Waals surface area (Å²) < 4.78 is 17.9. The third kappa shape index (κ3) is 4.40. The van der Waals surface area contributed by atoms with E-state index in [9.17, 15) is 14.7 Å². The molecule has 0 radical (unpaired) electrons. The molecule has 1 N–H and O–H groups in total. The first-order valence-electron chi connectivity index (χ1n) is 12.4. The molecule has 0 spiro atoms. The summed E-state index contributed by atoms with van der Waals surface area (Å²) in [5, 5.41) is 11.9. The van der Waals surface area contributed by atoms with E-state index in [1.54, 1.807) is 48.5 Å². The number of aromatic nitrogens is 1. The fraction of sp³-hybridized carbons (Fsp3) is 0.167. The third-order valence-corrected chi connectivity index (χ3v) is 7.56. The van der Waals surface area contributed by atoms with E-state index < -0.39 is 17.7 Å². The average molecular weight is 541 g/mol. The second kappa shape index (κ2) is 9.92. The summed E-state index contributed by atoms with van der Waals surface area (Å²) in [4.78, 5) is 33.2. The zero-order valence-corrected chi connectivity index (χ0v) is 21.9. The molecule has 4 aromatic rings. The quantitative estimate of drug-likeness (QED) is 0.148. The van der Waals surface area contributed by atoms with Crippen LogP contribution in [0.2, 0.25) is 0 Å². The number of carbonyl (C=O) groups is 2. The number of fused-ring (bicyclic) bond motifs is 2. The molecule has 2 aliphatic rings. The molecule has 2 aliphatic heterocycles. The Morgan fingerprint density at radius 3 is 2.77 bits per heavy atom. The maximum Gasteiger partial charge on any atom is 0.301 e. The van der Waals surface area contributed by atoms with Crippen molar-refractivity contribution < 1.29 is 28.9 Å². The summed E-state index contributed by atoms with van der Waals surface area (Å²) in [6.07, 6.45) is 1.63. The van der Waals surface area contributed by atoms with E-state index in [0.29, 0.717) is 46.7 Å². The number of thiazole rings is 1. The van der Waals surface area contributed by atoms with E-state index in [2.05, 4.69) is 11.6 Å². The maximum absolute atomic E-state index is 13.6. The molecule has 1 fully saturated rings. The van der Waals surface area contributed by atoms with Crippen LogP contribution in [0.4, 0.5) is 5.13 Å². The van der Waals surface area contributed by atoms with Crippen molar-refractivity contribution >= 4 is 44.1 Å². The number of carbonyl (C=O) groups excluding carboxylic acids is 2. The molecule has 1 unspecified atom stereocenters. The van der Waals surface area contributed by atoms with Gasteiger partial charge in [0.1, 0.15) is 31.3 Å². The Morgan fingerprint density at radius 1 is 1.13 bits per heavy atom. The van der Waals surface area contributed by atoms with E-state index in [1.807, 2.05) is 25.1 Å². The van der Waals surface area contributed by atoms with Crippen molar-refractivity contribution in [2.45, 2.75) is 13.0 Å². The molecular weight excluding hydrogens is 516 g/mol. The minimum Gasteiger partial charge on any atom is -0.507 e. The molecule has 0 aliphatic carbocycles. The highest BCUT2D eigenvalue weighted by Gasteiger charge is 2.48. The monoisotopic (exact) mass is 540 g/mol. The van der Waals surface area contributed by atoms with Crippen LogP contribution in [0.25, 0.3) is 16.0 Å². The number of amides is 1. The largest absolute Gasteiger partial charge is 0.507 e. The molecule has 0 bridgehead atoms. The second-order valence-corrected chi connectivity index (χ2v) is 10.2. The van der Waals surface area contributed by atoms with Gasteiger partial charge in [0.05, 0.1) is 21.8 Å². The van der Waals surface area contributed by atoms with Gasteiger partial charge in [-0.3, -0.25) is 14.5 Å². The lowest BCUT2D eigenvalue weighted by Gasteiger charge is -2.23. The van der Waals surface area contributed by atoms with Gasteiger partial charge in [-0.05, 0) is 60.5 Å². The van der Waals surface area contributed by atoms with Crippen molar-refractivity contribution in [2.24, 2.45) is 0 Å². The number of aliphatic hydroxyl groups is 1. The highest BCUT2D eigenvalue weighted by molar-refractivity contribution is 7.22. The van der Waals surface area contributed by atoms with Crippen LogP contribution in [0.1, 0.15) is 22.7 Å². The molecule has 6 rings (SSSR count). The SMILES string of the molecule is C=CCOc1cccc(C2/C(=C(/O)c3ccc4c(c3)OCCO4)C(=O)C(=O)N2c2nc3ccc(C)cc3s2)c1. The van der Waals surface area contributed by atoms with Gasteiger partial charge >= 0.3 is 5.91 Å². The molecule has 0 saturated carbocycles. The van der Waals surface area contributed by atoms with Gasteiger partial charge < -0.3 is 19.3 Å². The van der Waals surface area contributed by atoms with Gasteiger partial charge in [0.15, 0.2) is 16.6 Å². The number of ketones is 1. The van der Waals surface area contributed by atoms with Crippen molar-refractivity contribution in [3.8, 4) is 17.2 Å². The smallest absolute Gasteiger partial charge is 0.301 e. The van der Waals surface area contributed by atoms with Crippen molar-refractivity contribution in [3.05, 3.63) is 95.6 Å². The standard InChI is InChI=1S/C30H24N2O6S/c1-3-11-36-20-6-4-5-18(15-20)26-25(27(33)19-8-10-22-23(16-19)38-13-12-37-22)28(34)29(35)32(26)30-31-21-9-7-17(2)14-24(21)39-30/h3-10,14-16,26,33H,1,11-13H2,2H3/b27-25-. The zero-order chi connectivity index (χ0) is 27.1. The number of Topliss-reactive ketones (excluding diaryl/α,β-unsaturated/α-hetero) is 1. The molecule has 3 heterocycles. The molecule has 1 saturated heterocycles. The fourth-order valence-corrected chi connectivity index (χ4v) is 5.83. The molecule has 196 valence electrons. The predicted octanol–water partition coefficient (Wildman–Crippen LogP) is 5.57. The number of hydrogen-bond acceptors (Lipinski definition) is 8. The van der Waals surface area contributed by atoms with Crippen LogP contribution in [0.3, 0.4) is 0 Å². The Bertz CT molecular complexity index is 1670. The molecule has 8 nitrogen and oxygen atoms in total. The number of nitrogens with zero attached hydrogens (tertiary/aromatic N) is 2. The molecular formula is C30H24N2O6S. The molecule has 1 atom stereocenters. The second-order valence-electron chi connectivity index (χ2n) is 9.17. The van der Waals surface area contributed by atoms with Gasteiger partial charge in [-0.25, -0.2) is 4.98 Å². The first-order chi connectivity index (χ1) is 18.9. The van der Waals surface area contributed by atoms with Crippen LogP contribution >= 0.6 is 11.3 Å². The van der Waals surface area contributed by atoms with E-state index in [4.69, 9.17) is 14.2 Å². The molecule has 9 heteroatoms. The Morgan fingerprint density at radius 2 is 1.95 bits per heavy atom. The number of benzene rings is 3. The van der Waals surface area contributed by atoms with Gasteiger partial charge in [-0.15, -0.1) is 0 Å². The van der Waals surface area contributed by atoms with Crippen LogP contribution in [-0.4, -0.2) is 41.6 Å². The van der Waals surface area contributed by atoms with Crippen LogP contribution in [0.5, 0.6) is 17.2 Å². The predicted molar refractivity (Wildman–Crippen MR) is 149 cm³/mol. The number of hydrogen-bond donors (Lipinski definition) is 1. The normalized spacial score (nSPS) is 18.0. The molecule has 3 aromatic carbocycles. The summed E-state index contributed by atoms with van der Waals surface area (Å²) in [5.74, 6) is -0.346. The topological polar surface area (TPSA) is 98.2 Å². The van der Waals surface area contributed by atoms with Gasteiger partial charge in [0.2, 0.25) is 0 Å². The maximum atomic E-state index is 13.6. The third-order valence-electron chi connectivity index (χ3n) is 6.54. The van der Waals surface area contributed by atoms with Crippen LogP contribution in [-0.2, 0) is 9.59 Å². The van der Waals surface area contributed by atoms with Gasteiger partial charge in [-0.1, -0.05) is 42.2 Å². The minimum atomic E-state index is -0.938. The van der Waals surface area contributed by atoms with Gasteiger partial charge in [-0.2, -0.15) is 0 Å². The zero-order valence-electron chi connectivity index (χ0n) is 21.0. The molecule has 1 amide bonds. The number of ether oxygens (including phenoxy) is 3. The molecule has 39 heavy (non-hydrogen) atoms. The van der Waals surface area contributed by atoms with Crippen molar-refractivity contribution in [1.82, 2.24) is 4.98 Å². The number of anilines is 1. The Kier molecular flexibility index (Phi) is 6.28. The Balaban J connectivity index is 1.53. The Hall–Kier alpha value is -4.63. The minimum absolute atomic E-state index is 0.0482. The lowest BCUT2D eigenvalue weighted by Crippen LogP contribution is -2.29. The van der Waals surface area contributed by atoms with Gasteiger partial charge in [0.25, 0.3) is 5.78 Å². The fourth-order valence-electron chi connectivity index (χ4n) is 4.74. The summed E-state index contributed by atoms with van der Waals surface area (Å²) in [5.41, 5.74) is 2.65. The lowest BCUT2D eigenvalue weighted by molar-refractivity contribution is -0.132. The average Bonchev–Trinajstić information content (AvgIpc) is 3.48. The Labute approximate surface area is 228 Å². The number of aliphatic hydroxyl groups excluding tert-OH is 1. The first kappa shape index (κ1) is 24.7. The van der Waals surface area contributed by atoms with Crippen LogP contribution in [0, 0.1) is 6.92 Å². The number of rotatable bonds is 6. The van der Waals surface area contributed by atoms with E-state index >= 15 is 0 Å². The summed E-state index contributed by atoms with van der Waals surface area (Å²) in [7, 11) is 0. The van der Waals surface area contributed by atoms with Crippen molar-refractivity contribution in [3.63, 3.8) is 0 Å². The molecule has 1 aromatic heterocycles. The van der Waals surface area contributed by atoms with Crippen molar-refractivity contribution in [1.29, 1.82) is 0 Å². The van der Waals surface area contributed by atoms with E-state index in [-0.39, 0.29) is 17.9 Å². The van der Waals surface area contributed by atoms with E-state index in [0.717, 1.165) is 15.8 Å². The highest BCUT2D eigenvalue weighted by Crippen LogP contribution is 2.45. The van der Waals surface area contributed by atoms with Crippen LogP contribution in [0.15, 0.2) is 78.9 Å². The summed E-state index contributed by atoms with van der Waals surface area (Å²) >= 11 is 1.32. The van der Waals surface area contributed by atoms with Gasteiger partial charge in [0, 0.05) is 5.56 Å².